The van der Waals surface area contributed by atoms with Gasteiger partial charge in [-0.2, -0.15) is 0 Å². The molecule has 4 aliphatic rings. The Balaban J connectivity index is 1.61. The van der Waals surface area contributed by atoms with Gasteiger partial charge in [0, 0.05) is 0 Å². The molecule has 3 saturated carbocycles. The van der Waals surface area contributed by atoms with Gasteiger partial charge in [-0.25, -0.2) is 0 Å². The first kappa shape index (κ1) is 17.1. The van der Waals surface area contributed by atoms with E-state index in [-0.39, 0.29) is 5.41 Å². The molecule has 0 heterocycles. The Morgan fingerprint density at radius 1 is 1.12 bits per heavy atom. The standard InChI is InChI=1S/C21H32N2O2/c1-13(22-24)17-6-7-18-16-5-4-14-12-15(23-25)8-10-20(14,2)19(16)9-11-21(17,18)3/h6,14,16,18-19,24-25H,4-5,7-12H2,1-3H3/b22-13+,23-15+/t14-,16+,18-,19-,20-,21+/m0/s1. The highest BCUT2D eigenvalue weighted by Gasteiger charge is 2.58. The van der Waals surface area contributed by atoms with Gasteiger partial charge in [0.1, 0.15) is 0 Å². The van der Waals surface area contributed by atoms with E-state index in [4.69, 9.17) is 0 Å². The summed E-state index contributed by atoms with van der Waals surface area (Å²) in [6, 6.07) is 0. The highest BCUT2D eigenvalue weighted by molar-refractivity contribution is 5.99. The van der Waals surface area contributed by atoms with Gasteiger partial charge in [0.05, 0.1) is 11.4 Å². The van der Waals surface area contributed by atoms with E-state index in [1.54, 1.807) is 0 Å². The Bertz CT molecular complexity index is 652. The van der Waals surface area contributed by atoms with Crippen LogP contribution in [0.15, 0.2) is 22.0 Å². The van der Waals surface area contributed by atoms with Gasteiger partial charge in [-0.1, -0.05) is 30.2 Å². The molecule has 0 unspecified atom stereocenters. The highest BCUT2D eigenvalue weighted by Crippen LogP contribution is 2.66. The average molecular weight is 344 g/mol. The van der Waals surface area contributed by atoms with E-state index in [0.29, 0.717) is 17.3 Å². The Hall–Kier alpha value is -1.32. The SMILES string of the molecule is C/C(=N\O)C1=CC[C@H]2[C@H]3CC[C@H]4C/C(=N/O)CC[C@]4(C)[C@H]3CC[C@]12C. The van der Waals surface area contributed by atoms with Gasteiger partial charge < -0.3 is 10.4 Å². The third kappa shape index (κ3) is 2.32. The second-order valence-corrected chi connectivity index (χ2v) is 9.52. The van der Waals surface area contributed by atoms with Crippen molar-refractivity contribution in [3.05, 3.63) is 11.6 Å². The molecule has 0 aromatic rings. The minimum Gasteiger partial charge on any atom is -0.411 e. The summed E-state index contributed by atoms with van der Waals surface area (Å²) in [6.45, 7) is 6.88. The van der Waals surface area contributed by atoms with Crippen LogP contribution < -0.4 is 0 Å². The van der Waals surface area contributed by atoms with Crippen LogP contribution in [0.2, 0.25) is 0 Å². The van der Waals surface area contributed by atoms with E-state index < -0.39 is 0 Å². The van der Waals surface area contributed by atoms with E-state index in [1.165, 1.54) is 37.7 Å². The smallest absolute Gasteiger partial charge is 0.0799 e. The maximum Gasteiger partial charge on any atom is 0.0799 e. The Morgan fingerprint density at radius 2 is 1.92 bits per heavy atom. The topological polar surface area (TPSA) is 65.2 Å². The first-order chi connectivity index (χ1) is 11.9. The van der Waals surface area contributed by atoms with Crippen molar-refractivity contribution >= 4 is 11.4 Å². The number of nitrogens with zero attached hydrogens (tertiary/aromatic N) is 2. The molecule has 6 atom stereocenters. The molecule has 138 valence electrons. The van der Waals surface area contributed by atoms with E-state index in [9.17, 15) is 10.4 Å². The lowest BCUT2D eigenvalue weighted by Gasteiger charge is -2.60. The van der Waals surface area contributed by atoms with Crippen molar-refractivity contribution in [2.45, 2.75) is 72.1 Å². The Kier molecular flexibility index (Phi) is 4.01. The van der Waals surface area contributed by atoms with Gasteiger partial charge >= 0.3 is 0 Å². The number of allylic oxidation sites excluding steroid dienone is 2. The predicted octanol–water partition coefficient (Wildman–Crippen LogP) is 5.25. The molecule has 0 spiro atoms. The molecular weight excluding hydrogens is 312 g/mol. The number of rotatable bonds is 1. The van der Waals surface area contributed by atoms with Gasteiger partial charge in [-0.05, 0) is 98.4 Å². The summed E-state index contributed by atoms with van der Waals surface area (Å²) in [5.74, 6) is 2.97. The van der Waals surface area contributed by atoms with Gasteiger partial charge in [0.2, 0.25) is 0 Å². The lowest BCUT2D eigenvalue weighted by molar-refractivity contribution is -0.0866. The van der Waals surface area contributed by atoms with Crippen LogP contribution in [0.1, 0.15) is 72.1 Å². The molecule has 4 nitrogen and oxygen atoms in total. The van der Waals surface area contributed by atoms with Crippen LogP contribution in [-0.2, 0) is 0 Å². The molecule has 0 bridgehead atoms. The summed E-state index contributed by atoms with van der Waals surface area (Å²) >= 11 is 0. The molecule has 25 heavy (non-hydrogen) atoms. The van der Waals surface area contributed by atoms with Gasteiger partial charge in [-0.15, -0.1) is 0 Å². The van der Waals surface area contributed by atoms with E-state index in [0.717, 1.165) is 42.5 Å². The van der Waals surface area contributed by atoms with E-state index >= 15 is 0 Å². The van der Waals surface area contributed by atoms with Crippen molar-refractivity contribution in [2.24, 2.45) is 44.8 Å². The van der Waals surface area contributed by atoms with E-state index in [2.05, 4.69) is 30.2 Å². The molecule has 0 radical (unpaired) electrons. The number of hydrogen-bond acceptors (Lipinski definition) is 4. The summed E-state index contributed by atoms with van der Waals surface area (Å²) in [5, 5.41) is 25.6. The van der Waals surface area contributed by atoms with Gasteiger partial charge in [-0.3, -0.25) is 0 Å². The molecule has 0 aromatic carbocycles. The molecule has 0 amide bonds. The molecule has 0 aliphatic heterocycles. The summed E-state index contributed by atoms with van der Waals surface area (Å²) in [5.41, 5.74) is 3.71. The lowest BCUT2D eigenvalue weighted by Crippen LogP contribution is -2.53. The molecule has 4 aliphatic carbocycles. The second kappa shape index (κ2) is 5.85. The third-order valence-corrected chi connectivity index (χ3v) is 8.76. The van der Waals surface area contributed by atoms with Crippen molar-refractivity contribution in [3.63, 3.8) is 0 Å². The van der Waals surface area contributed by atoms with Crippen molar-refractivity contribution in [2.75, 3.05) is 0 Å². The molecule has 3 fully saturated rings. The number of hydrogen-bond donors (Lipinski definition) is 2. The van der Waals surface area contributed by atoms with Crippen LogP contribution in [0.5, 0.6) is 0 Å². The lowest BCUT2D eigenvalue weighted by atomic mass is 9.44. The molecule has 4 heteroatoms. The summed E-state index contributed by atoms with van der Waals surface area (Å²) in [6.07, 6.45) is 11.7. The first-order valence-corrected chi connectivity index (χ1v) is 10.0. The van der Waals surface area contributed by atoms with Crippen LogP contribution in [0, 0.1) is 34.5 Å². The molecule has 0 aromatic heterocycles. The minimum absolute atomic E-state index is 0.188. The fourth-order valence-electron chi connectivity index (χ4n) is 7.33. The third-order valence-electron chi connectivity index (χ3n) is 8.76. The first-order valence-electron chi connectivity index (χ1n) is 10.0. The molecule has 2 N–H and O–H groups in total. The average Bonchev–Trinajstić information content (AvgIpc) is 2.97. The zero-order valence-corrected chi connectivity index (χ0v) is 15.8. The van der Waals surface area contributed by atoms with Crippen molar-refractivity contribution in [3.8, 4) is 0 Å². The quantitative estimate of drug-likeness (QED) is 0.388. The largest absolute Gasteiger partial charge is 0.411 e. The van der Waals surface area contributed by atoms with Crippen molar-refractivity contribution in [1.29, 1.82) is 0 Å². The number of oxime groups is 2. The maximum absolute atomic E-state index is 9.29. The van der Waals surface area contributed by atoms with Gasteiger partial charge in [0.15, 0.2) is 0 Å². The summed E-state index contributed by atoms with van der Waals surface area (Å²) in [7, 11) is 0. The van der Waals surface area contributed by atoms with Gasteiger partial charge in [0.25, 0.3) is 0 Å². The molecule has 0 saturated heterocycles. The maximum atomic E-state index is 9.29. The second-order valence-electron chi connectivity index (χ2n) is 9.52. The van der Waals surface area contributed by atoms with Crippen molar-refractivity contribution in [1.82, 2.24) is 0 Å². The van der Waals surface area contributed by atoms with E-state index in [1.807, 2.05) is 6.92 Å². The zero-order valence-electron chi connectivity index (χ0n) is 15.8. The minimum atomic E-state index is 0.188. The van der Waals surface area contributed by atoms with Crippen molar-refractivity contribution < 1.29 is 10.4 Å². The monoisotopic (exact) mass is 344 g/mol. The van der Waals surface area contributed by atoms with Crippen LogP contribution in [0.4, 0.5) is 0 Å². The number of fused-ring (bicyclic) bond motifs is 5. The predicted molar refractivity (Wildman–Crippen MR) is 99.3 cm³/mol. The zero-order chi connectivity index (χ0) is 17.8. The summed E-state index contributed by atoms with van der Waals surface area (Å²) < 4.78 is 0. The normalized spacial score (nSPS) is 48.5. The fraction of sp³-hybridized carbons (Fsp3) is 0.810. The molecular formula is C21H32N2O2. The fourth-order valence-corrected chi connectivity index (χ4v) is 7.33. The Labute approximate surface area is 151 Å². The highest BCUT2D eigenvalue weighted by atomic mass is 16.4. The van der Waals surface area contributed by atoms with Crippen LogP contribution in [0.3, 0.4) is 0 Å². The summed E-state index contributed by atoms with van der Waals surface area (Å²) in [4.78, 5) is 0. The molecule has 4 rings (SSSR count). The Morgan fingerprint density at radius 3 is 2.64 bits per heavy atom. The van der Waals surface area contributed by atoms with Crippen LogP contribution >= 0.6 is 0 Å². The van der Waals surface area contributed by atoms with Crippen LogP contribution in [-0.4, -0.2) is 21.8 Å². The van der Waals surface area contributed by atoms with Crippen LogP contribution in [0.25, 0.3) is 0 Å².